The molecule has 0 amide bonds. The Labute approximate surface area is 142 Å². The van der Waals surface area contributed by atoms with Gasteiger partial charge in [0.2, 0.25) is 0 Å². The highest BCUT2D eigenvalue weighted by Crippen LogP contribution is 2.20. The third kappa shape index (κ3) is 4.20. The monoisotopic (exact) mass is 314 g/mol. The molecule has 0 aliphatic rings. The van der Waals surface area contributed by atoms with Gasteiger partial charge in [-0.1, -0.05) is 91.0 Å². The number of carbonyl (C=O) groups excluding carboxylic acids is 1. The van der Waals surface area contributed by atoms with Gasteiger partial charge >= 0.3 is 5.97 Å². The number of carbonyl (C=O) groups is 1. The van der Waals surface area contributed by atoms with Crippen molar-refractivity contribution in [3.05, 3.63) is 108 Å². The average Bonchev–Trinajstić information content (AvgIpc) is 2.66. The fraction of sp³-hybridized carbons (Fsp3) is 0.0455. The van der Waals surface area contributed by atoms with Crippen LogP contribution in [-0.4, -0.2) is 5.97 Å². The van der Waals surface area contributed by atoms with E-state index < -0.39 is 0 Å². The van der Waals surface area contributed by atoms with Crippen LogP contribution < -0.4 is 0 Å². The van der Waals surface area contributed by atoms with Crippen LogP contribution in [0.1, 0.15) is 16.7 Å². The maximum absolute atomic E-state index is 12.6. The van der Waals surface area contributed by atoms with Crippen LogP contribution in [0, 0.1) is 0 Å². The SMILES string of the molecule is O=C(OCc1ccccc1)/C(=C/c1ccccc1)c1ccccc1. The zero-order valence-corrected chi connectivity index (χ0v) is 13.3. The first kappa shape index (κ1) is 15.8. The number of hydrogen-bond donors (Lipinski definition) is 0. The van der Waals surface area contributed by atoms with Crippen LogP contribution in [0.3, 0.4) is 0 Å². The van der Waals surface area contributed by atoms with Crippen molar-refractivity contribution in [1.29, 1.82) is 0 Å². The van der Waals surface area contributed by atoms with E-state index in [4.69, 9.17) is 4.74 Å². The highest BCUT2D eigenvalue weighted by molar-refractivity contribution is 6.21. The lowest BCUT2D eigenvalue weighted by Gasteiger charge is -2.09. The predicted octanol–water partition coefficient (Wildman–Crippen LogP) is 4.97. The Kier molecular flexibility index (Phi) is 5.21. The van der Waals surface area contributed by atoms with Gasteiger partial charge in [0.05, 0.1) is 5.57 Å². The molecule has 0 aliphatic carbocycles. The summed E-state index contributed by atoms with van der Waals surface area (Å²) in [6.07, 6.45) is 1.86. The molecule has 0 N–H and O–H groups in total. The summed E-state index contributed by atoms with van der Waals surface area (Å²) in [6.45, 7) is 0.263. The molecule has 0 fully saturated rings. The largest absolute Gasteiger partial charge is 0.457 e. The van der Waals surface area contributed by atoms with E-state index in [-0.39, 0.29) is 12.6 Å². The van der Waals surface area contributed by atoms with Gasteiger partial charge in [0.15, 0.2) is 0 Å². The molecule has 0 spiro atoms. The fourth-order valence-corrected chi connectivity index (χ4v) is 2.39. The van der Waals surface area contributed by atoms with E-state index in [0.717, 1.165) is 16.7 Å². The standard InChI is InChI=1S/C22H18O2/c23-22(24-17-19-12-6-2-7-13-19)21(20-14-8-3-9-15-20)16-18-10-4-1-5-11-18/h1-16H,17H2/b21-16+. The van der Waals surface area contributed by atoms with Crippen molar-refractivity contribution >= 4 is 17.6 Å². The summed E-state index contributed by atoms with van der Waals surface area (Å²) in [5, 5.41) is 0. The number of ether oxygens (including phenoxy) is 1. The van der Waals surface area contributed by atoms with E-state index in [1.54, 1.807) is 0 Å². The van der Waals surface area contributed by atoms with Gasteiger partial charge in [0.25, 0.3) is 0 Å². The predicted molar refractivity (Wildman–Crippen MR) is 97.0 cm³/mol. The number of hydrogen-bond acceptors (Lipinski definition) is 2. The third-order valence-electron chi connectivity index (χ3n) is 3.63. The molecule has 3 aromatic carbocycles. The van der Waals surface area contributed by atoms with E-state index in [1.807, 2.05) is 97.1 Å². The van der Waals surface area contributed by atoms with Crippen molar-refractivity contribution in [2.45, 2.75) is 6.61 Å². The van der Waals surface area contributed by atoms with Crippen LogP contribution in [-0.2, 0) is 16.1 Å². The maximum atomic E-state index is 12.6. The van der Waals surface area contributed by atoms with Gasteiger partial charge < -0.3 is 4.74 Å². The molecule has 0 radical (unpaired) electrons. The van der Waals surface area contributed by atoms with Crippen LogP contribution >= 0.6 is 0 Å². The third-order valence-corrected chi connectivity index (χ3v) is 3.63. The molecule has 118 valence electrons. The summed E-state index contributed by atoms with van der Waals surface area (Å²) in [5.41, 5.74) is 3.34. The molecule has 0 saturated carbocycles. The van der Waals surface area contributed by atoms with Crippen molar-refractivity contribution in [3.63, 3.8) is 0 Å². The smallest absolute Gasteiger partial charge is 0.339 e. The summed E-state index contributed by atoms with van der Waals surface area (Å²) in [4.78, 5) is 12.6. The molecule has 0 atom stereocenters. The topological polar surface area (TPSA) is 26.3 Å². The number of benzene rings is 3. The molecule has 2 nitrogen and oxygen atoms in total. The number of rotatable bonds is 5. The Bertz CT molecular complexity index is 806. The highest BCUT2D eigenvalue weighted by atomic mass is 16.5. The minimum absolute atomic E-state index is 0.263. The van der Waals surface area contributed by atoms with Crippen molar-refractivity contribution in [2.75, 3.05) is 0 Å². The second kappa shape index (κ2) is 7.93. The Balaban J connectivity index is 1.84. The fourth-order valence-electron chi connectivity index (χ4n) is 2.39. The van der Waals surface area contributed by atoms with Crippen LogP contribution in [0.4, 0.5) is 0 Å². The van der Waals surface area contributed by atoms with Gasteiger partial charge in [-0.15, -0.1) is 0 Å². The molecular weight excluding hydrogens is 296 g/mol. The van der Waals surface area contributed by atoms with Gasteiger partial charge in [-0.25, -0.2) is 4.79 Å². The second-order valence-corrected chi connectivity index (χ2v) is 5.40. The summed E-state index contributed by atoms with van der Waals surface area (Å²) < 4.78 is 5.51. The van der Waals surface area contributed by atoms with Crippen molar-refractivity contribution in [1.82, 2.24) is 0 Å². The van der Waals surface area contributed by atoms with E-state index in [0.29, 0.717) is 5.57 Å². The lowest BCUT2D eigenvalue weighted by atomic mass is 10.0. The van der Waals surface area contributed by atoms with Gasteiger partial charge in [-0.05, 0) is 22.8 Å². The zero-order chi connectivity index (χ0) is 16.6. The van der Waals surface area contributed by atoms with Crippen molar-refractivity contribution < 1.29 is 9.53 Å². The van der Waals surface area contributed by atoms with E-state index >= 15 is 0 Å². The Morgan fingerprint density at radius 1 is 0.750 bits per heavy atom. The normalized spacial score (nSPS) is 11.1. The van der Waals surface area contributed by atoms with Crippen molar-refractivity contribution in [3.8, 4) is 0 Å². The number of esters is 1. The summed E-state index contributed by atoms with van der Waals surface area (Å²) in [5.74, 6) is -0.325. The molecule has 3 aromatic rings. The molecule has 0 aromatic heterocycles. The highest BCUT2D eigenvalue weighted by Gasteiger charge is 2.13. The molecule has 0 aliphatic heterocycles. The van der Waals surface area contributed by atoms with Gasteiger partial charge in [-0.3, -0.25) is 0 Å². The van der Waals surface area contributed by atoms with E-state index in [2.05, 4.69) is 0 Å². The molecule has 0 saturated heterocycles. The first-order valence-corrected chi connectivity index (χ1v) is 7.86. The van der Waals surface area contributed by atoms with Crippen LogP contribution in [0.25, 0.3) is 11.6 Å². The second-order valence-electron chi connectivity index (χ2n) is 5.40. The minimum atomic E-state index is -0.325. The molecule has 0 bridgehead atoms. The molecule has 2 heteroatoms. The first-order valence-electron chi connectivity index (χ1n) is 7.86. The molecule has 0 heterocycles. The lowest BCUT2D eigenvalue weighted by molar-refractivity contribution is -0.137. The quantitative estimate of drug-likeness (QED) is 0.377. The van der Waals surface area contributed by atoms with Crippen molar-refractivity contribution in [2.24, 2.45) is 0 Å². The van der Waals surface area contributed by atoms with Crippen LogP contribution in [0.5, 0.6) is 0 Å². The van der Waals surface area contributed by atoms with E-state index in [9.17, 15) is 4.79 Å². The zero-order valence-electron chi connectivity index (χ0n) is 13.3. The molecular formula is C22H18O2. The first-order chi connectivity index (χ1) is 11.8. The maximum Gasteiger partial charge on any atom is 0.339 e. The Hall–Kier alpha value is -3.13. The molecule has 0 unspecified atom stereocenters. The van der Waals surface area contributed by atoms with Crippen LogP contribution in [0.2, 0.25) is 0 Å². The summed E-state index contributed by atoms with van der Waals surface area (Å²) in [7, 11) is 0. The van der Waals surface area contributed by atoms with Gasteiger partial charge in [0, 0.05) is 0 Å². The molecule has 24 heavy (non-hydrogen) atoms. The molecule has 3 rings (SSSR count). The van der Waals surface area contributed by atoms with E-state index in [1.165, 1.54) is 0 Å². The Morgan fingerprint density at radius 3 is 1.92 bits per heavy atom. The van der Waals surface area contributed by atoms with Gasteiger partial charge in [-0.2, -0.15) is 0 Å². The van der Waals surface area contributed by atoms with Crippen LogP contribution in [0.15, 0.2) is 91.0 Å². The van der Waals surface area contributed by atoms with Gasteiger partial charge in [0.1, 0.15) is 6.61 Å². The summed E-state index contributed by atoms with van der Waals surface area (Å²) >= 11 is 0. The summed E-state index contributed by atoms with van der Waals surface area (Å²) in [6, 6.07) is 29.1. The minimum Gasteiger partial charge on any atom is -0.457 e. The average molecular weight is 314 g/mol. The Morgan fingerprint density at radius 2 is 1.29 bits per heavy atom. The lowest BCUT2D eigenvalue weighted by Crippen LogP contribution is -2.07.